The van der Waals surface area contributed by atoms with Crippen LogP contribution in [0.15, 0.2) is 0 Å². The van der Waals surface area contributed by atoms with Crippen molar-refractivity contribution < 1.29 is 0 Å². The van der Waals surface area contributed by atoms with Gasteiger partial charge in [0.15, 0.2) is 0 Å². The zero-order valence-electron chi connectivity index (χ0n) is 12.4. The van der Waals surface area contributed by atoms with E-state index in [0.29, 0.717) is 10.8 Å². The van der Waals surface area contributed by atoms with Gasteiger partial charge in [-0.05, 0) is 29.6 Å². The lowest BCUT2D eigenvalue weighted by Crippen LogP contribution is -2.10. The van der Waals surface area contributed by atoms with Crippen LogP contribution in [0.2, 0.25) is 0 Å². The molecule has 0 aromatic heterocycles. The largest absolute Gasteiger partial charge is 0.0925 e. The molecule has 2 fully saturated rings. The summed E-state index contributed by atoms with van der Waals surface area (Å²) in [6.45, 7) is 5.04. The van der Waals surface area contributed by atoms with E-state index >= 15 is 0 Å². The van der Waals surface area contributed by atoms with Crippen LogP contribution in [0.4, 0.5) is 0 Å². The average Bonchev–Trinajstić information content (AvgIpc) is 2.79. The Morgan fingerprint density at radius 2 is 1.17 bits per heavy atom. The van der Waals surface area contributed by atoms with Gasteiger partial charge < -0.3 is 0 Å². The molecular formula is C17H31Br. The Hall–Kier alpha value is 0.480. The molecule has 106 valence electrons. The van der Waals surface area contributed by atoms with Crippen molar-refractivity contribution in [2.75, 3.05) is 5.33 Å². The van der Waals surface area contributed by atoms with Crippen LogP contribution in [0.1, 0.15) is 84.5 Å². The van der Waals surface area contributed by atoms with Gasteiger partial charge in [-0.2, -0.15) is 0 Å². The van der Waals surface area contributed by atoms with Gasteiger partial charge in [-0.3, -0.25) is 0 Å². The average molecular weight is 315 g/mol. The Morgan fingerprint density at radius 1 is 0.778 bits per heavy atom. The summed E-state index contributed by atoms with van der Waals surface area (Å²) >= 11 is 3.77. The Balaban J connectivity index is 1.94. The maximum absolute atomic E-state index is 3.77. The first-order valence-corrected chi connectivity index (χ1v) is 9.33. The summed E-state index contributed by atoms with van der Waals surface area (Å²) in [5.41, 5.74) is 1.29. The van der Waals surface area contributed by atoms with Gasteiger partial charge in [0.2, 0.25) is 0 Å². The molecule has 1 heteroatoms. The zero-order valence-corrected chi connectivity index (χ0v) is 14.0. The molecular weight excluding hydrogens is 284 g/mol. The zero-order chi connectivity index (χ0) is 13.1. The van der Waals surface area contributed by atoms with Crippen LogP contribution < -0.4 is 0 Å². The number of halogens is 1. The van der Waals surface area contributed by atoms with Crippen molar-refractivity contribution in [3.63, 3.8) is 0 Å². The van der Waals surface area contributed by atoms with Gasteiger partial charge in [0, 0.05) is 5.33 Å². The van der Waals surface area contributed by atoms with Gasteiger partial charge in [-0.1, -0.05) is 87.6 Å². The molecule has 0 aromatic rings. The molecule has 0 radical (unpaired) electrons. The first kappa shape index (κ1) is 14.9. The fraction of sp³-hybridized carbons (Fsp3) is 1.00. The second-order valence-corrected chi connectivity index (χ2v) is 7.91. The molecule has 2 aliphatic rings. The molecule has 1 spiro atoms. The van der Waals surface area contributed by atoms with Gasteiger partial charge >= 0.3 is 0 Å². The van der Waals surface area contributed by atoms with Gasteiger partial charge in [-0.15, -0.1) is 0 Å². The maximum Gasteiger partial charge on any atom is 0.00704 e. The Labute approximate surface area is 122 Å². The summed E-state index contributed by atoms with van der Waals surface area (Å²) in [7, 11) is 0. The lowest BCUT2D eigenvalue weighted by molar-refractivity contribution is 0.298. The van der Waals surface area contributed by atoms with E-state index in [4.69, 9.17) is 0 Å². The highest BCUT2D eigenvalue weighted by atomic mass is 79.9. The summed E-state index contributed by atoms with van der Waals surface area (Å²) in [4.78, 5) is 0. The minimum atomic E-state index is 0.598. The minimum Gasteiger partial charge on any atom is -0.0925 e. The molecule has 0 aliphatic heterocycles. The van der Waals surface area contributed by atoms with Crippen molar-refractivity contribution in [1.29, 1.82) is 0 Å². The van der Waals surface area contributed by atoms with E-state index in [1.54, 1.807) is 0 Å². The number of alkyl halides is 1. The smallest absolute Gasteiger partial charge is 0.00704 e. The molecule has 0 N–H and O–H groups in total. The predicted molar refractivity (Wildman–Crippen MR) is 84.3 cm³/mol. The Kier molecular flexibility index (Phi) is 5.20. The van der Waals surface area contributed by atoms with E-state index in [1.807, 2.05) is 0 Å². The van der Waals surface area contributed by atoms with Crippen LogP contribution >= 0.6 is 15.9 Å². The molecule has 2 rings (SSSR count). The van der Waals surface area contributed by atoms with Gasteiger partial charge in [0.25, 0.3) is 0 Å². The summed E-state index contributed by atoms with van der Waals surface area (Å²) in [6, 6.07) is 0. The predicted octanol–water partition coefficient (Wildman–Crippen LogP) is 6.33. The second-order valence-electron chi connectivity index (χ2n) is 7.27. The van der Waals surface area contributed by atoms with Crippen molar-refractivity contribution in [3.8, 4) is 0 Å². The normalized spacial score (nSPS) is 32.5. The Bertz CT molecular complexity index is 244. The first-order valence-electron chi connectivity index (χ1n) is 8.21. The van der Waals surface area contributed by atoms with Crippen LogP contribution in [-0.4, -0.2) is 5.33 Å². The molecule has 1 unspecified atom stereocenters. The molecule has 2 saturated carbocycles. The van der Waals surface area contributed by atoms with Crippen molar-refractivity contribution >= 4 is 15.9 Å². The standard InChI is InChI=1S/C17H31Br/c1-16(2)15(14-18)17(16)12-10-8-6-4-3-5-7-9-11-13-17/h15H,3-14H2,1-2H3. The number of rotatable bonds is 1. The maximum atomic E-state index is 3.77. The molecule has 0 nitrogen and oxygen atoms in total. The highest BCUT2D eigenvalue weighted by molar-refractivity contribution is 9.09. The number of hydrogen-bond acceptors (Lipinski definition) is 0. The molecule has 0 amide bonds. The van der Waals surface area contributed by atoms with Crippen molar-refractivity contribution in [2.24, 2.45) is 16.7 Å². The van der Waals surface area contributed by atoms with E-state index < -0.39 is 0 Å². The third kappa shape index (κ3) is 2.81. The van der Waals surface area contributed by atoms with Crippen molar-refractivity contribution in [3.05, 3.63) is 0 Å². The van der Waals surface area contributed by atoms with Crippen molar-refractivity contribution in [2.45, 2.75) is 84.5 Å². The Morgan fingerprint density at radius 3 is 1.50 bits per heavy atom. The van der Waals surface area contributed by atoms with Crippen LogP contribution in [0.25, 0.3) is 0 Å². The lowest BCUT2D eigenvalue weighted by Gasteiger charge is -2.21. The third-order valence-electron chi connectivity index (χ3n) is 6.14. The van der Waals surface area contributed by atoms with Crippen LogP contribution in [0.5, 0.6) is 0 Å². The molecule has 1 atom stereocenters. The molecule has 2 aliphatic carbocycles. The lowest BCUT2D eigenvalue weighted by atomic mass is 9.84. The first-order chi connectivity index (χ1) is 8.65. The van der Waals surface area contributed by atoms with Crippen LogP contribution in [0, 0.1) is 16.7 Å². The van der Waals surface area contributed by atoms with E-state index in [-0.39, 0.29) is 0 Å². The van der Waals surface area contributed by atoms with E-state index in [9.17, 15) is 0 Å². The molecule has 0 saturated heterocycles. The van der Waals surface area contributed by atoms with Crippen LogP contribution in [-0.2, 0) is 0 Å². The monoisotopic (exact) mass is 314 g/mol. The number of hydrogen-bond donors (Lipinski definition) is 0. The fourth-order valence-electron chi connectivity index (χ4n) is 4.64. The highest BCUT2D eigenvalue weighted by Gasteiger charge is 2.68. The quantitative estimate of drug-likeness (QED) is 0.496. The van der Waals surface area contributed by atoms with Crippen LogP contribution in [0.3, 0.4) is 0 Å². The third-order valence-corrected chi connectivity index (χ3v) is 6.79. The molecule has 0 heterocycles. The molecule has 18 heavy (non-hydrogen) atoms. The van der Waals surface area contributed by atoms with E-state index in [2.05, 4.69) is 29.8 Å². The van der Waals surface area contributed by atoms with Crippen molar-refractivity contribution in [1.82, 2.24) is 0 Å². The topological polar surface area (TPSA) is 0 Å². The summed E-state index contributed by atoms with van der Waals surface area (Å²) in [6.07, 6.45) is 16.3. The SMILES string of the molecule is CC1(C)C(CBr)C12CCCCCCCCCCC2. The molecule has 0 aromatic carbocycles. The van der Waals surface area contributed by atoms with E-state index in [1.165, 1.54) is 76.0 Å². The van der Waals surface area contributed by atoms with Gasteiger partial charge in [0.05, 0.1) is 0 Å². The summed E-state index contributed by atoms with van der Waals surface area (Å²) < 4.78 is 0. The second kappa shape index (κ2) is 6.29. The summed E-state index contributed by atoms with van der Waals surface area (Å²) in [5.74, 6) is 0.938. The fourth-order valence-corrected chi connectivity index (χ4v) is 6.07. The van der Waals surface area contributed by atoms with Gasteiger partial charge in [-0.25, -0.2) is 0 Å². The minimum absolute atomic E-state index is 0.598. The van der Waals surface area contributed by atoms with E-state index in [0.717, 1.165) is 5.92 Å². The summed E-state index contributed by atoms with van der Waals surface area (Å²) in [5, 5.41) is 1.22. The highest BCUT2D eigenvalue weighted by Crippen LogP contribution is 2.73. The molecule has 0 bridgehead atoms. The van der Waals surface area contributed by atoms with Gasteiger partial charge in [0.1, 0.15) is 0 Å².